The number of para-hydroxylation sites is 1. The van der Waals surface area contributed by atoms with E-state index < -0.39 is 0 Å². The van der Waals surface area contributed by atoms with Gasteiger partial charge in [-0.3, -0.25) is 4.79 Å². The molecule has 2 rings (SSSR count). The molecule has 19 heavy (non-hydrogen) atoms. The number of amides is 1. The Kier molecular flexibility index (Phi) is 5.09. The summed E-state index contributed by atoms with van der Waals surface area (Å²) in [6.07, 6.45) is 0. The molecule has 0 aliphatic heterocycles. The zero-order chi connectivity index (χ0) is 13.7. The van der Waals surface area contributed by atoms with Crippen LogP contribution in [0.25, 0.3) is 0 Å². The third kappa shape index (κ3) is 4.43. The van der Waals surface area contributed by atoms with Crippen LogP contribution in [-0.4, -0.2) is 11.7 Å². The van der Waals surface area contributed by atoms with Crippen LogP contribution in [0.4, 0.5) is 11.4 Å². The molecule has 3 N–H and O–H groups in total. The minimum Gasteiger partial charge on any atom is -0.398 e. The van der Waals surface area contributed by atoms with E-state index in [-0.39, 0.29) is 5.91 Å². The van der Waals surface area contributed by atoms with Gasteiger partial charge in [-0.1, -0.05) is 12.1 Å². The van der Waals surface area contributed by atoms with Crippen LogP contribution in [-0.2, 0) is 4.79 Å². The molecular formula is C14H13IN2OS. The Morgan fingerprint density at radius 2 is 1.84 bits per heavy atom. The second-order valence-electron chi connectivity index (χ2n) is 3.88. The molecular weight excluding hydrogens is 371 g/mol. The number of carbonyl (C=O) groups excluding carboxylic acids is 1. The SMILES string of the molecule is Nc1ccccc1SCC(=O)Nc1ccc(I)cc1. The second-order valence-corrected chi connectivity index (χ2v) is 6.14. The number of nitrogens with one attached hydrogen (secondary N) is 1. The first-order valence-corrected chi connectivity index (χ1v) is 7.74. The van der Waals surface area contributed by atoms with Gasteiger partial charge in [-0.2, -0.15) is 0 Å². The smallest absolute Gasteiger partial charge is 0.234 e. The van der Waals surface area contributed by atoms with Crippen molar-refractivity contribution < 1.29 is 4.79 Å². The fourth-order valence-corrected chi connectivity index (χ4v) is 2.61. The zero-order valence-corrected chi connectivity index (χ0v) is 13.1. The van der Waals surface area contributed by atoms with Crippen molar-refractivity contribution in [2.45, 2.75) is 4.90 Å². The van der Waals surface area contributed by atoms with Crippen molar-refractivity contribution in [1.82, 2.24) is 0 Å². The summed E-state index contributed by atoms with van der Waals surface area (Å²) >= 11 is 3.67. The van der Waals surface area contributed by atoms with Crippen LogP contribution in [0.3, 0.4) is 0 Å². The van der Waals surface area contributed by atoms with Crippen molar-refractivity contribution in [2.24, 2.45) is 0 Å². The first kappa shape index (κ1) is 14.2. The minimum absolute atomic E-state index is 0.0329. The standard InChI is InChI=1S/C14H13IN2OS/c15-10-5-7-11(8-6-10)17-14(18)9-19-13-4-2-1-3-12(13)16/h1-8H,9,16H2,(H,17,18). The Labute approximate surface area is 130 Å². The maximum Gasteiger partial charge on any atom is 0.234 e. The number of hydrogen-bond donors (Lipinski definition) is 2. The van der Waals surface area contributed by atoms with Gasteiger partial charge >= 0.3 is 0 Å². The molecule has 0 unspecified atom stereocenters. The molecule has 2 aromatic carbocycles. The predicted octanol–water partition coefficient (Wildman–Crippen LogP) is 3.60. The molecule has 1 amide bonds. The topological polar surface area (TPSA) is 55.1 Å². The van der Waals surface area contributed by atoms with Gasteiger partial charge in [0.1, 0.15) is 0 Å². The Hall–Kier alpha value is -1.21. The van der Waals surface area contributed by atoms with Crippen molar-refractivity contribution in [3.8, 4) is 0 Å². The molecule has 0 atom stereocenters. The molecule has 3 nitrogen and oxygen atoms in total. The lowest BCUT2D eigenvalue weighted by Crippen LogP contribution is -2.14. The highest BCUT2D eigenvalue weighted by molar-refractivity contribution is 14.1. The normalized spacial score (nSPS) is 10.2. The van der Waals surface area contributed by atoms with E-state index in [0.29, 0.717) is 11.4 Å². The lowest BCUT2D eigenvalue weighted by atomic mass is 10.3. The molecule has 0 aliphatic rings. The highest BCUT2D eigenvalue weighted by atomic mass is 127. The summed E-state index contributed by atoms with van der Waals surface area (Å²) < 4.78 is 1.14. The number of nitrogens with two attached hydrogens (primary N) is 1. The quantitative estimate of drug-likeness (QED) is 0.481. The molecule has 0 saturated heterocycles. The van der Waals surface area contributed by atoms with Gasteiger partial charge in [0.25, 0.3) is 0 Å². The second kappa shape index (κ2) is 6.81. The molecule has 0 saturated carbocycles. The molecule has 0 aliphatic carbocycles. The summed E-state index contributed by atoms with van der Waals surface area (Å²) in [5, 5.41) is 2.85. The first-order chi connectivity index (χ1) is 9.15. The molecule has 0 fully saturated rings. The summed E-state index contributed by atoms with van der Waals surface area (Å²) in [5.74, 6) is 0.315. The lowest BCUT2D eigenvalue weighted by Gasteiger charge is -2.06. The highest BCUT2D eigenvalue weighted by Gasteiger charge is 2.05. The van der Waals surface area contributed by atoms with Crippen LogP contribution in [0, 0.1) is 3.57 Å². The Morgan fingerprint density at radius 1 is 1.16 bits per heavy atom. The van der Waals surface area contributed by atoms with E-state index in [1.54, 1.807) is 0 Å². The third-order valence-corrected chi connectivity index (χ3v) is 4.21. The van der Waals surface area contributed by atoms with Crippen molar-refractivity contribution in [1.29, 1.82) is 0 Å². The Morgan fingerprint density at radius 3 is 2.53 bits per heavy atom. The number of rotatable bonds is 4. The number of nitrogen functional groups attached to an aromatic ring is 1. The lowest BCUT2D eigenvalue weighted by molar-refractivity contribution is -0.113. The summed E-state index contributed by atoms with van der Waals surface area (Å²) in [6.45, 7) is 0. The van der Waals surface area contributed by atoms with Crippen molar-refractivity contribution in [2.75, 3.05) is 16.8 Å². The molecule has 0 radical (unpaired) electrons. The first-order valence-electron chi connectivity index (χ1n) is 5.68. The third-order valence-electron chi connectivity index (χ3n) is 2.41. The van der Waals surface area contributed by atoms with Crippen LogP contribution in [0.5, 0.6) is 0 Å². The number of anilines is 2. The average molecular weight is 384 g/mol. The van der Waals surface area contributed by atoms with Crippen molar-refractivity contribution in [3.05, 3.63) is 52.1 Å². The van der Waals surface area contributed by atoms with Crippen LogP contribution in [0.15, 0.2) is 53.4 Å². The van der Waals surface area contributed by atoms with Gasteiger partial charge in [0.2, 0.25) is 5.91 Å². The number of hydrogen-bond acceptors (Lipinski definition) is 3. The Bertz CT molecular complexity index is 572. The molecule has 0 spiro atoms. The van der Waals surface area contributed by atoms with Gasteiger partial charge in [-0.05, 0) is 59.0 Å². The van der Waals surface area contributed by atoms with Crippen LogP contribution in [0.2, 0.25) is 0 Å². The molecule has 2 aromatic rings. The van der Waals surface area contributed by atoms with E-state index >= 15 is 0 Å². The van der Waals surface area contributed by atoms with Gasteiger partial charge < -0.3 is 11.1 Å². The molecule has 98 valence electrons. The molecule has 0 aromatic heterocycles. The van der Waals surface area contributed by atoms with E-state index in [0.717, 1.165) is 14.2 Å². The number of thioether (sulfide) groups is 1. The van der Waals surface area contributed by atoms with Gasteiger partial charge in [0, 0.05) is 19.8 Å². The number of benzene rings is 2. The van der Waals surface area contributed by atoms with Crippen LogP contribution in [0.1, 0.15) is 0 Å². The van der Waals surface area contributed by atoms with Gasteiger partial charge in [-0.25, -0.2) is 0 Å². The molecule has 5 heteroatoms. The molecule has 0 bridgehead atoms. The number of carbonyl (C=O) groups is 1. The van der Waals surface area contributed by atoms with E-state index in [9.17, 15) is 4.79 Å². The highest BCUT2D eigenvalue weighted by Crippen LogP contribution is 2.24. The maximum absolute atomic E-state index is 11.8. The van der Waals surface area contributed by atoms with Crippen molar-refractivity contribution >= 4 is 51.6 Å². The van der Waals surface area contributed by atoms with E-state index in [1.807, 2.05) is 48.5 Å². The largest absolute Gasteiger partial charge is 0.398 e. The minimum atomic E-state index is -0.0329. The average Bonchev–Trinajstić information content (AvgIpc) is 2.40. The van der Waals surface area contributed by atoms with Crippen LogP contribution >= 0.6 is 34.4 Å². The van der Waals surface area contributed by atoms with Crippen molar-refractivity contribution in [3.63, 3.8) is 0 Å². The predicted molar refractivity (Wildman–Crippen MR) is 89.4 cm³/mol. The van der Waals surface area contributed by atoms with Gasteiger partial charge in [0.05, 0.1) is 5.75 Å². The van der Waals surface area contributed by atoms with Gasteiger partial charge in [0.15, 0.2) is 0 Å². The molecule has 0 heterocycles. The summed E-state index contributed by atoms with van der Waals surface area (Å²) in [4.78, 5) is 12.7. The van der Waals surface area contributed by atoms with E-state index in [1.165, 1.54) is 11.8 Å². The number of halogens is 1. The monoisotopic (exact) mass is 384 g/mol. The van der Waals surface area contributed by atoms with Gasteiger partial charge in [-0.15, -0.1) is 11.8 Å². The fourth-order valence-electron chi connectivity index (χ4n) is 1.49. The van der Waals surface area contributed by atoms with E-state index in [2.05, 4.69) is 27.9 Å². The zero-order valence-electron chi connectivity index (χ0n) is 10.1. The Balaban J connectivity index is 1.88. The van der Waals surface area contributed by atoms with E-state index in [4.69, 9.17) is 5.73 Å². The summed E-state index contributed by atoms with van der Waals surface area (Å²) in [5.41, 5.74) is 7.34. The van der Waals surface area contributed by atoms with Crippen LogP contribution < -0.4 is 11.1 Å². The fraction of sp³-hybridized carbons (Fsp3) is 0.0714. The maximum atomic E-state index is 11.8. The summed E-state index contributed by atoms with van der Waals surface area (Å²) in [6, 6.07) is 15.2. The summed E-state index contributed by atoms with van der Waals surface area (Å²) in [7, 11) is 0.